The first-order valence-electron chi connectivity index (χ1n) is 6.88. The summed E-state index contributed by atoms with van der Waals surface area (Å²) in [4.78, 5) is 10.8. The molecule has 0 aliphatic heterocycles. The summed E-state index contributed by atoms with van der Waals surface area (Å²) >= 11 is 4.97. The summed E-state index contributed by atoms with van der Waals surface area (Å²) in [6.45, 7) is 0. The lowest BCUT2D eigenvalue weighted by Crippen LogP contribution is -2.71. The van der Waals surface area contributed by atoms with Crippen LogP contribution in [0.3, 0.4) is 0 Å². The highest BCUT2D eigenvalue weighted by atomic mass is 35.5. The van der Waals surface area contributed by atoms with Gasteiger partial charge < -0.3 is 0 Å². The molecule has 0 fully saturated rings. The predicted molar refractivity (Wildman–Crippen MR) is 70.8 cm³/mol. The molecule has 0 saturated carbocycles. The van der Waals surface area contributed by atoms with Gasteiger partial charge in [-0.2, -0.15) is 57.1 Å². The normalized spacial score (nSPS) is 14.8. The molecule has 0 unspecified atom stereocenters. The largest absolute Gasteiger partial charge is 0.459 e. The quantitative estimate of drug-likeness (QED) is 0.351. The van der Waals surface area contributed by atoms with Crippen molar-refractivity contribution in [2.75, 3.05) is 0 Å². The first-order chi connectivity index (χ1) is 12.6. The minimum atomic E-state index is -7.70. The lowest BCUT2D eigenvalue weighted by molar-refractivity contribution is -0.460. The number of hydrogen-bond donors (Lipinski definition) is 0. The van der Waals surface area contributed by atoms with Crippen molar-refractivity contribution in [3.63, 3.8) is 0 Å². The topological polar surface area (TPSA) is 17.1 Å². The fourth-order valence-electron chi connectivity index (χ4n) is 2.33. The van der Waals surface area contributed by atoms with Crippen LogP contribution in [0.4, 0.5) is 57.1 Å². The van der Waals surface area contributed by atoms with E-state index in [4.69, 9.17) is 11.6 Å². The van der Waals surface area contributed by atoms with E-state index in [1.165, 1.54) is 0 Å². The van der Waals surface area contributed by atoms with Crippen LogP contribution in [-0.2, 0) is 6.42 Å². The molecule has 1 aromatic carbocycles. The fourth-order valence-corrected chi connectivity index (χ4v) is 2.46. The molecular weight excluding hydrogens is 467 g/mol. The Kier molecular flexibility index (Phi) is 6.28. The van der Waals surface area contributed by atoms with Gasteiger partial charge in [0.1, 0.15) is 0 Å². The van der Waals surface area contributed by atoms with E-state index >= 15 is 0 Å². The molecule has 0 spiro atoms. The van der Waals surface area contributed by atoms with Crippen LogP contribution in [0.25, 0.3) is 0 Å². The highest BCUT2D eigenvalue weighted by Crippen LogP contribution is 2.66. The number of halogens is 14. The van der Waals surface area contributed by atoms with Crippen molar-refractivity contribution >= 4 is 16.8 Å². The molecule has 0 radical (unpaired) electrons. The SMILES string of the molecule is O=C(Cl)c1ccc(CC(C(F)(F)F)(C(F)(F)F)C(F)(F)C(F)(F)C(F)(F)F)cc1. The van der Waals surface area contributed by atoms with Gasteiger partial charge in [-0.15, -0.1) is 0 Å². The van der Waals surface area contributed by atoms with Gasteiger partial charge in [-0.25, -0.2) is 0 Å². The molecule has 0 bridgehead atoms. The van der Waals surface area contributed by atoms with E-state index < -0.39 is 58.6 Å². The number of carbonyl (C=O) groups excluding carboxylic acids is 1. The molecule has 1 rings (SSSR count). The van der Waals surface area contributed by atoms with Crippen LogP contribution in [0, 0.1) is 5.41 Å². The smallest absolute Gasteiger partial charge is 0.276 e. The Labute approximate surface area is 157 Å². The zero-order valence-corrected chi connectivity index (χ0v) is 14.0. The summed E-state index contributed by atoms with van der Waals surface area (Å²) in [6, 6.07) is 1.40. The maximum atomic E-state index is 13.9. The summed E-state index contributed by atoms with van der Waals surface area (Å²) in [5, 5.41) is -1.26. The molecule has 166 valence electrons. The van der Waals surface area contributed by atoms with Crippen molar-refractivity contribution in [2.24, 2.45) is 5.41 Å². The van der Waals surface area contributed by atoms with Crippen molar-refractivity contribution in [3.8, 4) is 0 Å². The number of rotatable bonds is 5. The van der Waals surface area contributed by atoms with Crippen LogP contribution >= 0.6 is 11.6 Å². The second kappa shape index (κ2) is 7.20. The minimum Gasteiger partial charge on any atom is -0.276 e. The Morgan fingerprint density at radius 2 is 1.03 bits per heavy atom. The Hall–Kier alpha value is -1.73. The highest BCUT2D eigenvalue weighted by molar-refractivity contribution is 6.67. The summed E-state index contributed by atoms with van der Waals surface area (Å²) in [6.07, 6.45) is -25.1. The van der Waals surface area contributed by atoms with Crippen LogP contribution in [0.5, 0.6) is 0 Å². The average Bonchev–Trinajstić information content (AvgIpc) is 2.48. The standard InChI is InChI=1S/C14H6ClF13O/c15-8(29)7-3-1-6(2-4-7)5-9(12(20,21)22,13(23,24)25)10(16,17)11(18,19)14(26,27)28/h1-4H,5H2. The lowest BCUT2D eigenvalue weighted by atomic mass is 9.71. The van der Waals surface area contributed by atoms with E-state index in [-0.39, 0.29) is 12.1 Å². The third-order valence-corrected chi connectivity index (χ3v) is 4.12. The third-order valence-electron chi connectivity index (χ3n) is 3.90. The molecule has 15 heteroatoms. The zero-order chi connectivity index (χ0) is 23.3. The molecule has 0 aliphatic carbocycles. The summed E-state index contributed by atoms with van der Waals surface area (Å²) in [5.41, 5.74) is -8.70. The number of benzene rings is 1. The van der Waals surface area contributed by atoms with Crippen molar-refractivity contribution < 1.29 is 61.9 Å². The lowest BCUT2D eigenvalue weighted by Gasteiger charge is -2.45. The van der Waals surface area contributed by atoms with Crippen molar-refractivity contribution in [1.82, 2.24) is 0 Å². The monoisotopic (exact) mass is 472 g/mol. The number of carbonyl (C=O) groups is 1. The molecule has 1 nitrogen and oxygen atoms in total. The Morgan fingerprint density at radius 3 is 1.31 bits per heavy atom. The molecule has 0 saturated heterocycles. The second-order valence-electron chi connectivity index (χ2n) is 5.69. The minimum absolute atomic E-state index is 0.226. The second-order valence-corrected chi connectivity index (χ2v) is 6.04. The first kappa shape index (κ1) is 25.3. The molecule has 0 aromatic heterocycles. The Balaban J connectivity index is 3.82. The zero-order valence-electron chi connectivity index (χ0n) is 13.2. The molecule has 1 aromatic rings. The van der Waals surface area contributed by atoms with E-state index in [2.05, 4.69) is 0 Å². The van der Waals surface area contributed by atoms with E-state index in [0.29, 0.717) is 12.1 Å². The van der Waals surface area contributed by atoms with Crippen LogP contribution < -0.4 is 0 Å². The third kappa shape index (κ3) is 3.99. The summed E-state index contributed by atoms with van der Waals surface area (Å²) in [7, 11) is 0. The van der Waals surface area contributed by atoms with E-state index in [1.807, 2.05) is 0 Å². The van der Waals surface area contributed by atoms with Gasteiger partial charge in [0.25, 0.3) is 5.24 Å². The first-order valence-corrected chi connectivity index (χ1v) is 7.26. The fraction of sp³-hybridized carbons (Fsp3) is 0.500. The van der Waals surface area contributed by atoms with Crippen LogP contribution in [-0.4, -0.2) is 35.6 Å². The van der Waals surface area contributed by atoms with Crippen molar-refractivity contribution in [2.45, 2.75) is 36.8 Å². The van der Waals surface area contributed by atoms with Crippen LogP contribution in [0.15, 0.2) is 24.3 Å². The van der Waals surface area contributed by atoms with Crippen molar-refractivity contribution in [1.29, 1.82) is 0 Å². The van der Waals surface area contributed by atoms with Gasteiger partial charge >= 0.3 is 30.4 Å². The Bertz CT molecular complexity index is 729. The molecule has 0 heterocycles. The maximum absolute atomic E-state index is 13.9. The van der Waals surface area contributed by atoms with E-state index in [0.717, 1.165) is 0 Å². The molecule has 0 atom stereocenters. The molecule has 29 heavy (non-hydrogen) atoms. The molecule has 0 N–H and O–H groups in total. The van der Waals surface area contributed by atoms with E-state index in [1.54, 1.807) is 0 Å². The Morgan fingerprint density at radius 1 is 0.655 bits per heavy atom. The van der Waals surface area contributed by atoms with Gasteiger partial charge in [-0.05, 0) is 29.3 Å². The predicted octanol–water partition coefficient (Wildman–Crippen LogP) is 6.55. The van der Waals surface area contributed by atoms with Crippen molar-refractivity contribution in [3.05, 3.63) is 35.4 Å². The maximum Gasteiger partial charge on any atom is 0.459 e. The van der Waals surface area contributed by atoms with Gasteiger partial charge in [-0.3, -0.25) is 4.79 Å². The summed E-state index contributed by atoms with van der Waals surface area (Å²) < 4.78 is 170. The average molecular weight is 473 g/mol. The van der Waals surface area contributed by atoms with Gasteiger partial charge in [0.05, 0.1) is 0 Å². The molecule has 0 aliphatic rings. The number of alkyl halides is 13. The van der Waals surface area contributed by atoms with E-state index in [9.17, 15) is 61.9 Å². The highest BCUT2D eigenvalue weighted by Gasteiger charge is 2.91. The molecule has 0 amide bonds. The van der Waals surface area contributed by atoms with Gasteiger partial charge in [0.2, 0.25) is 5.41 Å². The summed E-state index contributed by atoms with van der Waals surface area (Å²) in [5.74, 6) is -15.4. The van der Waals surface area contributed by atoms with Gasteiger partial charge in [0.15, 0.2) is 0 Å². The molecular formula is C14H6ClF13O. The van der Waals surface area contributed by atoms with Crippen LogP contribution in [0.2, 0.25) is 0 Å². The van der Waals surface area contributed by atoms with Gasteiger partial charge in [-0.1, -0.05) is 12.1 Å². The van der Waals surface area contributed by atoms with Crippen LogP contribution in [0.1, 0.15) is 15.9 Å². The van der Waals surface area contributed by atoms with Gasteiger partial charge in [0, 0.05) is 12.0 Å². The number of hydrogen-bond acceptors (Lipinski definition) is 1.